The molecule has 1 fully saturated rings. The van der Waals surface area contributed by atoms with E-state index in [-0.39, 0.29) is 11.4 Å². The molecule has 1 aliphatic carbocycles. The van der Waals surface area contributed by atoms with E-state index in [1.165, 1.54) is 0 Å². The second-order valence-electron chi connectivity index (χ2n) is 5.85. The molecule has 2 N–H and O–H groups in total. The minimum Gasteiger partial charge on any atom is -0.493 e. The monoisotopic (exact) mass is 280 g/mol. The van der Waals surface area contributed by atoms with Crippen LogP contribution in [0.4, 0.5) is 0 Å². The van der Waals surface area contributed by atoms with Crippen molar-refractivity contribution < 1.29 is 9.84 Å². The standard InChI is InChI=1S/C15H24N2O3/c1-4-5-11-12(18)16-14(17-13(11)19)15(20-3)8-6-10(2)7-9-15/h10H,4-9H2,1-3H3,(H2,16,17,18,19). The first-order chi connectivity index (χ1) is 9.52. The van der Waals surface area contributed by atoms with Crippen molar-refractivity contribution in [2.24, 2.45) is 5.92 Å². The molecule has 112 valence electrons. The van der Waals surface area contributed by atoms with Crippen LogP contribution in [-0.2, 0) is 16.8 Å². The summed E-state index contributed by atoms with van der Waals surface area (Å²) in [5.74, 6) is 0.979. The Bertz CT molecular complexity index is 516. The van der Waals surface area contributed by atoms with Gasteiger partial charge in [0.2, 0.25) is 5.88 Å². The van der Waals surface area contributed by atoms with E-state index >= 15 is 0 Å². The van der Waals surface area contributed by atoms with Gasteiger partial charge >= 0.3 is 0 Å². The first-order valence-corrected chi connectivity index (χ1v) is 7.40. The molecule has 1 saturated carbocycles. The van der Waals surface area contributed by atoms with Gasteiger partial charge in [-0.15, -0.1) is 0 Å². The summed E-state index contributed by atoms with van der Waals surface area (Å²) in [6, 6.07) is 0. The van der Waals surface area contributed by atoms with Crippen LogP contribution in [0.25, 0.3) is 0 Å². The number of nitrogens with zero attached hydrogens (tertiary/aromatic N) is 1. The Hall–Kier alpha value is -1.36. The predicted molar refractivity (Wildman–Crippen MR) is 76.8 cm³/mol. The molecule has 1 heterocycles. The fourth-order valence-electron chi connectivity index (χ4n) is 2.94. The number of hydrogen-bond donors (Lipinski definition) is 2. The Balaban J connectivity index is 2.39. The molecule has 0 aromatic carbocycles. The zero-order valence-corrected chi connectivity index (χ0v) is 12.5. The average molecular weight is 280 g/mol. The SMILES string of the molecule is CCCc1c(O)nc(C2(OC)CCC(C)CC2)[nH]c1=O. The third-order valence-electron chi connectivity index (χ3n) is 4.40. The smallest absolute Gasteiger partial charge is 0.258 e. The van der Waals surface area contributed by atoms with Crippen LogP contribution in [0.5, 0.6) is 5.88 Å². The summed E-state index contributed by atoms with van der Waals surface area (Å²) in [5.41, 5.74) is -0.440. The van der Waals surface area contributed by atoms with Crippen molar-refractivity contribution >= 4 is 0 Å². The Kier molecular flexibility index (Phi) is 4.48. The van der Waals surface area contributed by atoms with Crippen LogP contribution in [-0.4, -0.2) is 22.2 Å². The van der Waals surface area contributed by atoms with Gasteiger partial charge in [0, 0.05) is 7.11 Å². The summed E-state index contributed by atoms with van der Waals surface area (Å²) in [6.45, 7) is 4.18. The molecule has 0 aliphatic heterocycles. The van der Waals surface area contributed by atoms with Gasteiger partial charge in [-0.05, 0) is 38.0 Å². The number of hydrogen-bond acceptors (Lipinski definition) is 4. The van der Waals surface area contributed by atoms with E-state index in [1.807, 2.05) is 6.92 Å². The highest BCUT2D eigenvalue weighted by atomic mass is 16.5. The molecule has 0 spiro atoms. The van der Waals surface area contributed by atoms with Gasteiger partial charge in [0.15, 0.2) is 0 Å². The summed E-state index contributed by atoms with van der Waals surface area (Å²) in [7, 11) is 1.65. The Morgan fingerprint density at radius 3 is 2.60 bits per heavy atom. The number of aromatic hydroxyl groups is 1. The second-order valence-corrected chi connectivity index (χ2v) is 5.85. The second kappa shape index (κ2) is 5.95. The number of methoxy groups -OCH3 is 1. The Morgan fingerprint density at radius 1 is 1.45 bits per heavy atom. The largest absolute Gasteiger partial charge is 0.493 e. The van der Waals surface area contributed by atoms with E-state index in [0.29, 0.717) is 23.7 Å². The fourth-order valence-corrected chi connectivity index (χ4v) is 2.94. The van der Waals surface area contributed by atoms with Gasteiger partial charge in [0.05, 0.1) is 5.56 Å². The van der Waals surface area contributed by atoms with Crippen molar-refractivity contribution in [3.63, 3.8) is 0 Å². The summed E-state index contributed by atoms with van der Waals surface area (Å²) in [6.07, 6.45) is 5.04. The molecule has 5 nitrogen and oxygen atoms in total. The molecular formula is C15H24N2O3. The zero-order chi connectivity index (χ0) is 14.8. The number of H-pyrrole nitrogens is 1. The third-order valence-corrected chi connectivity index (χ3v) is 4.40. The third kappa shape index (κ3) is 2.73. The van der Waals surface area contributed by atoms with E-state index < -0.39 is 5.60 Å². The van der Waals surface area contributed by atoms with Crippen LogP contribution in [0.1, 0.15) is 57.3 Å². The molecule has 0 radical (unpaired) electrons. The van der Waals surface area contributed by atoms with Gasteiger partial charge in [-0.1, -0.05) is 20.3 Å². The molecule has 1 aliphatic rings. The van der Waals surface area contributed by atoms with Crippen LogP contribution in [0.15, 0.2) is 4.79 Å². The maximum absolute atomic E-state index is 12.1. The topological polar surface area (TPSA) is 75.2 Å². The lowest BCUT2D eigenvalue weighted by atomic mass is 9.79. The van der Waals surface area contributed by atoms with Crippen LogP contribution in [0.3, 0.4) is 0 Å². The van der Waals surface area contributed by atoms with Gasteiger partial charge in [-0.3, -0.25) is 4.79 Å². The number of ether oxygens (including phenoxy) is 1. The molecule has 1 aromatic heterocycles. The highest BCUT2D eigenvalue weighted by Gasteiger charge is 2.38. The lowest BCUT2D eigenvalue weighted by molar-refractivity contribution is -0.0602. The summed E-state index contributed by atoms with van der Waals surface area (Å²) >= 11 is 0. The van der Waals surface area contributed by atoms with Gasteiger partial charge in [0.1, 0.15) is 11.4 Å². The zero-order valence-electron chi connectivity index (χ0n) is 12.5. The van der Waals surface area contributed by atoms with E-state index in [2.05, 4.69) is 16.9 Å². The summed E-state index contributed by atoms with van der Waals surface area (Å²) in [4.78, 5) is 19.2. The van der Waals surface area contributed by atoms with Crippen molar-refractivity contribution in [1.82, 2.24) is 9.97 Å². The maximum atomic E-state index is 12.1. The molecule has 0 unspecified atom stereocenters. The van der Waals surface area contributed by atoms with Gasteiger partial charge < -0.3 is 14.8 Å². The fraction of sp³-hybridized carbons (Fsp3) is 0.733. The van der Waals surface area contributed by atoms with E-state index in [9.17, 15) is 9.90 Å². The average Bonchev–Trinajstić information content (AvgIpc) is 2.44. The first kappa shape index (κ1) is 15.0. The van der Waals surface area contributed by atoms with Crippen molar-refractivity contribution in [1.29, 1.82) is 0 Å². The van der Waals surface area contributed by atoms with E-state index in [0.717, 1.165) is 32.1 Å². The van der Waals surface area contributed by atoms with E-state index in [1.54, 1.807) is 7.11 Å². The number of aromatic nitrogens is 2. The Labute approximate surface area is 119 Å². The van der Waals surface area contributed by atoms with Crippen molar-refractivity contribution in [3.05, 3.63) is 21.7 Å². The molecule has 0 amide bonds. The molecule has 0 atom stereocenters. The summed E-state index contributed by atoms with van der Waals surface area (Å²) < 4.78 is 5.68. The van der Waals surface area contributed by atoms with Crippen molar-refractivity contribution in [2.45, 2.75) is 58.0 Å². The van der Waals surface area contributed by atoms with Crippen LogP contribution in [0.2, 0.25) is 0 Å². The minimum atomic E-state index is -0.562. The van der Waals surface area contributed by atoms with Crippen LogP contribution >= 0.6 is 0 Å². The van der Waals surface area contributed by atoms with Gasteiger partial charge in [0.25, 0.3) is 5.56 Å². The minimum absolute atomic E-state index is 0.152. The molecular weight excluding hydrogens is 256 g/mol. The van der Waals surface area contributed by atoms with Crippen LogP contribution in [0, 0.1) is 5.92 Å². The number of aromatic amines is 1. The first-order valence-electron chi connectivity index (χ1n) is 7.40. The van der Waals surface area contributed by atoms with Crippen molar-refractivity contribution in [2.75, 3.05) is 7.11 Å². The van der Waals surface area contributed by atoms with Crippen LogP contribution < -0.4 is 5.56 Å². The van der Waals surface area contributed by atoms with Gasteiger partial charge in [-0.25, -0.2) is 0 Å². The summed E-state index contributed by atoms with van der Waals surface area (Å²) in [5, 5.41) is 10.0. The normalized spacial score (nSPS) is 26.6. The highest BCUT2D eigenvalue weighted by Crippen LogP contribution is 2.40. The molecule has 0 bridgehead atoms. The molecule has 0 saturated heterocycles. The number of nitrogens with one attached hydrogen (secondary N) is 1. The predicted octanol–water partition coefficient (Wildman–Crippen LogP) is 2.48. The Morgan fingerprint density at radius 2 is 2.10 bits per heavy atom. The molecule has 2 rings (SSSR count). The number of rotatable bonds is 4. The molecule has 5 heteroatoms. The highest BCUT2D eigenvalue weighted by molar-refractivity contribution is 5.24. The lowest BCUT2D eigenvalue weighted by Crippen LogP contribution is -2.37. The van der Waals surface area contributed by atoms with Crippen molar-refractivity contribution in [3.8, 4) is 5.88 Å². The molecule has 1 aromatic rings. The van der Waals surface area contributed by atoms with Gasteiger partial charge in [-0.2, -0.15) is 4.98 Å². The quantitative estimate of drug-likeness (QED) is 0.888. The maximum Gasteiger partial charge on any atom is 0.258 e. The molecule has 20 heavy (non-hydrogen) atoms. The van der Waals surface area contributed by atoms with E-state index in [4.69, 9.17) is 4.74 Å². The lowest BCUT2D eigenvalue weighted by Gasteiger charge is -2.37.